The molecule has 5 N–H and O–H groups in total. The average molecular weight is 715 g/mol. The third-order valence-corrected chi connectivity index (χ3v) is 8.09. The number of hydrogen-bond acceptors (Lipinski definition) is 16. The number of carboxylic acids is 1. The topological polar surface area (TPSA) is 239 Å². The predicted octanol–water partition coefficient (Wildman–Crippen LogP) is 7.94. The number of rotatable bonds is 12. The molecule has 0 atom stereocenters. The number of hydrogen-bond donors (Lipinski definition) is 5. The van der Waals surface area contributed by atoms with Crippen molar-refractivity contribution in [3.05, 3.63) is 70.7 Å². The third kappa shape index (κ3) is 7.90. The summed E-state index contributed by atoms with van der Waals surface area (Å²) in [5.74, 6) is -2.00. The van der Waals surface area contributed by atoms with E-state index in [0.717, 1.165) is 18.1 Å². The highest BCUT2D eigenvalue weighted by atomic mass is 79.9. The Labute approximate surface area is 257 Å². The van der Waals surface area contributed by atoms with Gasteiger partial charge >= 0.3 is 5.97 Å². The highest BCUT2D eigenvalue weighted by Crippen LogP contribution is 2.47. The third-order valence-electron chi connectivity index (χ3n) is 5.30. The Bertz CT molecular complexity index is 1840. The first kappa shape index (κ1) is 32.4. The van der Waals surface area contributed by atoms with Gasteiger partial charge in [0, 0.05) is 20.1 Å². The molecule has 43 heavy (non-hydrogen) atoms. The standard InChI is InChI=1S/C23H15BrN4O12S3/c24-16-6-8-19(43(34,35)36)15-10-18(42-40-38-33)21(22(29)20(15)16)28-27-17-7-3-12(9-14(17)23(30)31)26-25-11-1-4-13(5-2-11)41-39-37-32/h1-10,29,32-33H,(H,30,31)(H,34,35,36)/b26-25+,28-27+. The summed E-state index contributed by atoms with van der Waals surface area (Å²) in [6.45, 7) is 0. The van der Waals surface area contributed by atoms with Crippen LogP contribution in [0.3, 0.4) is 0 Å². The highest BCUT2D eigenvalue weighted by Gasteiger charge is 2.23. The van der Waals surface area contributed by atoms with Gasteiger partial charge in [-0.25, -0.2) is 15.3 Å². The molecule has 0 unspecified atom stereocenters. The van der Waals surface area contributed by atoms with Crippen molar-refractivity contribution in [2.45, 2.75) is 14.7 Å². The van der Waals surface area contributed by atoms with Crippen molar-refractivity contribution in [3.8, 4) is 5.75 Å². The molecule has 0 radical (unpaired) electrons. The van der Waals surface area contributed by atoms with Crippen LogP contribution in [0.2, 0.25) is 0 Å². The van der Waals surface area contributed by atoms with Crippen LogP contribution in [0.4, 0.5) is 22.7 Å². The minimum Gasteiger partial charge on any atom is -0.505 e. The van der Waals surface area contributed by atoms with Crippen molar-refractivity contribution < 1.29 is 57.2 Å². The summed E-state index contributed by atoms with van der Waals surface area (Å²) in [4.78, 5) is 11.9. The number of fused-ring (bicyclic) bond motifs is 1. The normalized spacial score (nSPS) is 12.1. The van der Waals surface area contributed by atoms with Gasteiger partial charge in [0.2, 0.25) is 0 Å². The molecule has 0 saturated carbocycles. The van der Waals surface area contributed by atoms with Gasteiger partial charge in [0.15, 0.2) is 5.75 Å². The predicted molar refractivity (Wildman–Crippen MR) is 153 cm³/mol. The molecule has 0 heterocycles. The number of aromatic hydroxyl groups is 1. The summed E-state index contributed by atoms with van der Waals surface area (Å²) >= 11 is 4.28. The molecule has 0 aromatic heterocycles. The Morgan fingerprint density at radius 3 is 2.14 bits per heavy atom. The molecular formula is C23H15BrN4O12S3. The summed E-state index contributed by atoms with van der Waals surface area (Å²) in [5, 5.41) is 60.5. The molecule has 0 fully saturated rings. The van der Waals surface area contributed by atoms with Crippen molar-refractivity contribution in [1.29, 1.82) is 0 Å². The number of aromatic carboxylic acids is 1. The van der Waals surface area contributed by atoms with Crippen molar-refractivity contribution >= 4 is 89.6 Å². The van der Waals surface area contributed by atoms with Crippen molar-refractivity contribution in [2.75, 3.05) is 0 Å². The zero-order valence-corrected chi connectivity index (χ0v) is 24.8. The molecular weight excluding hydrogens is 700 g/mol. The van der Waals surface area contributed by atoms with Crippen LogP contribution < -0.4 is 0 Å². The summed E-state index contributed by atoms with van der Waals surface area (Å²) in [6.07, 6.45) is 0. The molecule has 0 bridgehead atoms. The van der Waals surface area contributed by atoms with Crippen molar-refractivity contribution in [2.24, 2.45) is 20.5 Å². The zero-order valence-electron chi connectivity index (χ0n) is 20.8. The summed E-state index contributed by atoms with van der Waals surface area (Å²) < 4.78 is 42.5. The molecule has 16 nitrogen and oxygen atoms in total. The van der Waals surface area contributed by atoms with Crippen LogP contribution in [0.5, 0.6) is 5.75 Å². The first-order valence-electron chi connectivity index (χ1n) is 11.1. The SMILES string of the molecule is O=C(O)c1cc(/N=N/c2ccc(SOOO)cc2)ccc1/N=N/c1c(SOOO)cc2c(S(=O)(=O)O)ccc(Br)c2c1O. The molecule has 20 heteroatoms. The molecule has 0 saturated heterocycles. The number of phenolic OH excluding ortho intramolecular Hbond substituents is 1. The van der Waals surface area contributed by atoms with Crippen molar-refractivity contribution in [1.82, 2.24) is 0 Å². The van der Waals surface area contributed by atoms with Gasteiger partial charge in [-0.15, -0.1) is 18.9 Å². The number of halogens is 1. The Kier molecular flexibility index (Phi) is 10.8. The molecule has 4 aromatic rings. The van der Waals surface area contributed by atoms with Crippen LogP contribution in [0.1, 0.15) is 10.4 Å². The maximum absolute atomic E-state index is 12.0. The lowest BCUT2D eigenvalue weighted by Gasteiger charge is -2.12. The zero-order chi connectivity index (χ0) is 31.1. The molecule has 4 aromatic carbocycles. The van der Waals surface area contributed by atoms with Gasteiger partial charge in [-0.3, -0.25) is 4.55 Å². The van der Waals surface area contributed by atoms with E-state index in [2.05, 4.69) is 55.1 Å². The van der Waals surface area contributed by atoms with Gasteiger partial charge in [-0.2, -0.15) is 18.6 Å². The highest BCUT2D eigenvalue weighted by molar-refractivity contribution is 9.10. The van der Waals surface area contributed by atoms with E-state index in [0.29, 0.717) is 22.6 Å². The minimum absolute atomic E-state index is 0.0755. The van der Waals surface area contributed by atoms with E-state index in [9.17, 15) is 28.0 Å². The largest absolute Gasteiger partial charge is 0.505 e. The number of azo groups is 2. The van der Waals surface area contributed by atoms with Crippen LogP contribution in [0.25, 0.3) is 10.8 Å². The van der Waals surface area contributed by atoms with Crippen LogP contribution in [-0.4, -0.2) is 39.7 Å². The Morgan fingerprint density at radius 2 is 1.49 bits per heavy atom. The first-order valence-corrected chi connectivity index (χ1v) is 14.8. The van der Waals surface area contributed by atoms with Gasteiger partial charge < -0.3 is 10.2 Å². The molecule has 0 aliphatic carbocycles. The number of phenols is 1. The van der Waals surface area contributed by atoms with Gasteiger partial charge in [-0.05, 0) is 60.7 Å². The Morgan fingerprint density at radius 1 is 0.837 bits per heavy atom. The Hall–Kier alpha value is -3.54. The van der Waals surface area contributed by atoms with Crippen LogP contribution >= 0.6 is 40.0 Å². The lowest BCUT2D eigenvalue weighted by atomic mass is 10.1. The van der Waals surface area contributed by atoms with Gasteiger partial charge in [0.25, 0.3) is 10.1 Å². The van der Waals surface area contributed by atoms with E-state index in [1.165, 1.54) is 30.3 Å². The fraction of sp³-hybridized carbons (Fsp3) is 0. The minimum atomic E-state index is -4.73. The van der Waals surface area contributed by atoms with E-state index < -0.39 is 26.7 Å². The van der Waals surface area contributed by atoms with E-state index in [-0.39, 0.29) is 42.8 Å². The number of carboxylic acid groups (broad SMARTS) is 1. The van der Waals surface area contributed by atoms with Crippen LogP contribution in [0, 0.1) is 0 Å². The summed E-state index contributed by atoms with van der Waals surface area (Å²) in [5.41, 5.74) is -0.219. The molecule has 0 aliphatic heterocycles. The second kappa shape index (κ2) is 14.3. The van der Waals surface area contributed by atoms with E-state index in [1.54, 1.807) is 24.3 Å². The lowest BCUT2D eigenvalue weighted by molar-refractivity contribution is -0.432. The maximum atomic E-state index is 12.0. The maximum Gasteiger partial charge on any atom is 0.338 e. The number of carbonyl (C=O) groups is 1. The van der Waals surface area contributed by atoms with Gasteiger partial charge in [-0.1, -0.05) is 26.0 Å². The second-order valence-corrected chi connectivity index (χ2v) is 11.6. The lowest BCUT2D eigenvalue weighted by Crippen LogP contribution is -1.99. The molecule has 224 valence electrons. The van der Waals surface area contributed by atoms with Crippen LogP contribution in [-0.2, 0) is 28.9 Å². The van der Waals surface area contributed by atoms with Crippen LogP contribution in [0.15, 0.2) is 100 Å². The molecule has 0 aliphatic rings. The van der Waals surface area contributed by atoms with E-state index >= 15 is 0 Å². The fourth-order valence-electron chi connectivity index (χ4n) is 3.52. The molecule has 4 rings (SSSR count). The first-order chi connectivity index (χ1) is 20.5. The molecule has 0 spiro atoms. The number of nitrogens with zero attached hydrogens (tertiary/aromatic N) is 4. The van der Waals surface area contributed by atoms with Crippen molar-refractivity contribution in [3.63, 3.8) is 0 Å². The quantitative estimate of drug-likeness (QED) is 0.0308. The second-order valence-electron chi connectivity index (χ2n) is 7.87. The fourth-order valence-corrected chi connectivity index (χ4v) is 5.57. The average Bonchev–Trinajstić information content (AvgIpc) is 2.97. The summed E-state index contributed by atoms with van der Waals surface area (Å²) in [7, 11) is -4.73. The Balaban J connectivity index is 1.72. The van der Waals surface area contributed by atoms with E-state index in [1.807, 2.05) is 0 Å². The monoisotopic (exact) mass is 714 g/mol. The van der Waals surface area contributed by atoms with Gasteiger partial charge in [0.05, 0.1) is 45.9 Å². The molecule has 0 amide bonds. The van der Waals surface area contributed by atoms with E-state index in [4.69, 9.17) is 10.5 Å². The number of benzene rings is 4. The smallest absolute Gasteiger partial charge is 0.338 e. The van der Waals surface area contributed by atoms with Gasteiger partial charge in [0.1, 0.15) is 16.3 Å². The summed E-state index contributed by atoms with van der Waals surface area (Å²) in [6, 6.07) is 13.8.